The Kier molecular flexibility index (Phi) is 6.04. The molecule has 1 saturated heterocycles. The first-order valence-corrected chi connectivity index (χ1v) is 7.71. The van der Waals surface area contributed by atoms with Crippen molar-refractivity contribution in [1.82, 2.24) is 5.06 Å². The average Bonchev–Trinajstić information content (AvgIpc) is 3.03. The van der Waals surface area contributed by atoms with Crippen molar-refractivity contribution < 1.29 is 32.7 Å². The van der Waals surface area contributed by atoms with Crippen LogP contribution >= 0.6 is 0 Å². The molecule has 2 aromatic rings. The molecule has 3 rings (SSSR count). The van der Waals surface area contributed by atoms with Gasteiger partial charge in [-0.1, -0.05) is 30.3 Å². The fourth-order valence-electron chi connectivity index (χ4n) is 2.49. The number of aliphatic carboxylic acids is 1. The second-order valence-electron chi connectivity index (χ2n) is 5.60. The number of carbonyl (C=O) groups excluding carboxylic acids is 1. The molecule has 0 spiro atoms. The normalized spacial score (nSPS) is 17.4. The van der Waals surface area contributed by atoms with Crippen LogP contribution in [0.25, 0.3) is 10.8 Å². The van der Waals surface area contributed by atoms with Crippen LogP contribution in [0.15, 0.2) is 42.5 Å². The van der Waals surface area contributed by atoms with Gasteiger partial charge in [-0.2, -0.15) is 13.2 Å². The first-order valence-electron chi connectivity index (χ1n) is 7.71. The largest absolute Gasteiger partial charge is 0.490 e. The van der Waals surface area contributed by atoms with Crippen LogP contribution in [0.2, 0.25) is 0 Å². The summed E-state index contributed by atoms with van der Waals surface area (Å²) in [5.41, 5.74) is 5.37. The third-order valence-corrected chi connectivity index (χ3v) is 3.72. The summed E-state index contributed by atoms with van der Waals surface area (Å²) in [4.78, 5) is 26.0. The highest BCUT2D eigenvalue weighted by atomic mass is 19.4. The predicted molar refractivity (Wildman–Crippen MR) is 87.2 cm³/mol. The maximum atomic E-state index is 11.3. The number of carbonyl (C=O) groups is 2. The minimum Gasteiger partial charge on any atom is -0.475 e. The number of hydrogen-bond acceptors (Lipinski definition) is 4. The van der Waals surface area contributed by atoms with Crippen molar-refractivity contribution in [3.05, 3.63) is 42.5 Å². The van der Waals surface area contributed by atoms with Crippen molar-refractivity contribution in [3.8, 4) is 5.75 Å². The van der Waals surface area contributed by atoms with Crippen molar-refractivity contribution in [1.29, 1.82) is 0 Å². The first-order chi connectivity index (χ1) is 12.2. The van der Waals surface area contributed by atoms with Gasteiger partial charge >= 0.3 is 12.1 Å². The molecule has 0 aliphatic carbocycles. The molecule has 1 amide bonds. The number of primary amides is 1. The van der Waals surface area contributed by atoms with Gasteiger partial charge in [-0.15, -0.1) is 5.06 Å². The van der Waals surface area contributed by atoms with Gasteiger partial charge in [0.05, 0.1) is 0 Å². The number of benzene rings is 2. The topological polar surface area (TPSA) is 92.9 Å². The zero-order valence-corrected chi connectivity index (χ0v) is 13.6. The minimum atomic E-state index is -5.08. The summed E-state index contributed by atoms with van der Waals surface area (Å²) >= 11 is 0. The summed E-state index contributed by atoms with van der Waals surface area (Å²) in [6.07, 6.45) is -3.38. The Morgan fingerprint density at radius 3 is 2.35 bits per heavy atom. The van der Waals surface area contributed by atoms with Crippen LogP contribution in [-0.2, 0) is 9.59 Å². The number of carboxylic acids is 1. The van der Waals surface area contributed by atoms with Gasteiger partial charge in [-0.25, -0.2) is 4.79 Å². The van der Waals surface area contributed by atoms with Gasteiger partial charge in [0.1, 0.15) is 11.8 Å². The molecular weight excluding hydrogens is 353 g/mol. The smallest absolute Gasteiger partial charge is 0.475 e. The van der Waals surface area contributed by atoms with E-state index in [-0.39, 0.29) is 11.9 Å². The molecule has 0 aromatic heterocycles. The summed E-state index contributed by atoms with van der Waals surface area (Å²) in [6.45, 7) is 0.737. The van der Waals surface area contributed by atoms with Crippen molar-refractivity contribution in [2.24, 2.45) is 5.73 Å². The highest BCUT2D eigenvalue weighted by Crippen LogP contribution is 2.24. The number of amides is 1. The summed E-state index contributed by atoms with van der Waals surface area (Å²) in [7, 11) is 0. The average molecular weight is 370 g/mol. The summed E-state index contributed by atoms with van der Waals surface area (Å²) in [5.74, 6) is -2.34. The van der Waals surface area contributed by atoms with Crippen LogP contribution in [0.1, 0.15) is 12.8 Å². The summed E-state index contributed by atoms with van der Waals surface area (Å²) in [6, 6.07) is 13.7. The predicted octanol–water partition coefficient (Wildman–Crippen LogP) is 2.72. The number of hydrogen-bond donors (Lipinski definition) is 2. The van der Waals surface area contributed by atoms with E-state index in [4.69, 9.17) is 20.5 Å². The summed E-state index contributed by atoms with van der Waals surface area (Å²) in [5, 5.41) is 11.1. The van der Waals surface area contributed by atoms with E-state index in [0.717, 1.165) is 30.5 Å². The fraction of sp³-hybridized carbons (Fsp3) is 0.294. The molecule has 3 N–H and O–H groups in total. The number of halogens is 3. The Labute approximate surface area is 146 Å². The molecule has 1 aliphatic heterocycles. The Morgan fingerprint density at radius 2 is 1.77 bits per heavy atom. The molecule has 0 radical (unpaired) electrons. The van der Waals surface area contributed by atoms with Crippen LogP contribution in [0, 0.1) is 0 Å². The number of alkyl halides is 3. The van der Waals surface area contributed by atoms with E-state index in [9.17, 15) is 18.0 Å². The lowest BCUT2D eigenvalue weighted by molar-refractivity contribution is -0.192. The molecule has 1 atom stereocenters. The van der Waals surface area contributed by atoms with Crippen LogP contribution in [0.4, 0.5) is 13.2 Å². The van der Waals surface area contributed by atoms with E-state index >= 15 is 0 Å². The van der Waals surface area contributed by atoms with E-state index in [1.165, 1.54) is 5.39 Å². The molecule has 9 heteroatoms. The van der Waals surface area contributed by atoms with Gasteiger partial charge in [0.25, 0.3) is 0 Å². The Morgan fingerprint density at radius 1 is 1.15 bits per heavy atom. The lowest BCUT2D eigenvalue weighted by Gasteiger charge is -2.22. The van der Waals surface area contributed by atoms with Gasteiger partial charge < -0.3 is 15.7 Å². The second kappa shape index (κ2) is 8.05. The van der Waals surface area contributed by atoms with E-state index < -0.39 is 12.1 Å². The van der Waals surface area contributed by atoms with Crippen molar-refractivity contribution in [2.45, 2.75) is 25.1 Å². The highest BCUT2D eigenvalue weighted by Gasteiger charge is 2.38. The lowest BCUT2D eigenvalue weighted by Crippen LogP contribution is -2.42. The highest BCUT2D eigenvalue weighted by molar-refractivity contribution is 5.83. The number of fused-ring (bicyclic) bond motifs is 1. The number of rotatable bonds is 3. The monoisotopic (exact) mass is 370 g/mol. The molecule has 0 unspecified atom stereocenters. The van der Waals surface area contributed by atoms with Crippen molar-refractivity contribution >= 4 is 22.6 Å². The summed E-state index contributed by atoms with van der Waals surface area (Å²) < 4.78 is 31.7. The fourth-order valence-corrected chi connectivity index (χ4v) is 2.49. The molecule has 1 aliphatic rings. The first kappa shape index (κ1) is 19.5. The Bertz CT molecular complexity index is 795. The van der Waals surface area contributed by atoms with Crippen LogP contribution in [0.3, 0.4) is 0 Å². The van der Waals surface area contributed by atoms with E-state index in [1.54, 1.807) is 5.06 Å². The van der Waals surface area contributed by atoms with Gasteiger partial charge in [0.2, 0.25) is 5.91 Å². The quantitative estimate of drug-likeness (QED) is 0.867. The number of hydroxylamine groups is 2. The second-order valence-corrected chi connectivity index (χ2v) is 5.60. The van der Waals surface area contributed by atoms with Gasteiger partial charge in [0, 0.05) is 6.54 Å². The molecule has 0 saturated carbocycles. The van der Waals surface area contributed by atoms with E-state index in [1.807, 2.05) is 36.4 Å². The molecule has 140 valence electrons. The maximum absolute atomic E-state index is 11.3. The Balaban J connectivity index is 0.000000298. The van der Waals surface area contributed by atoms with Crippen LogP contribution < -0.4 is 10.6 Å². The third kappa shape index (κ3) is 5.09. The molecule has 0 bridgehead atoms. The standard InChI is InChI=1S/C15H16N2O2.C2HF3O2/c16-15(18)14-6-3-9-17(14)19-13-8-7-11-4-1-2-5-12(11)10-13;3-2(4,5)1(6)7/h1-2,4-5,7-8,10,14H,3,6,9H2,(H2,16,18);(H,6,7)/t14-;/m0./s1. The number of carboxylic acid groups (broad SMARTS) is 1. The molecule has 6 nitrogen and oxygen atoms in total. The van der Waals surface area contributed by atoms with Crippen LogP contribution in [-0.4, -0.2) is 40.8 Å². The third-order valence-electron chi connectivity index (χ3n) is 3.72. The molecular formula is C17H17F3N2O4. The SMILES string of the molecule is NC(=O)[C@@H]1CCCN1Oc1ccc2ccccc2c1.O=C(O)C(F)(F)F. The van der Waals surface area contributed by atoms with Gasteiger partial charge in [-0.05, 0) is 35.7 Å². The molecule has 26 heavy (non-hydrogen) atoms. The lowest BCUT2D eigenvalue weighted by atomic mass is 10.1. The molecule has 1 fully saturated rings. The van der Waals surface area contributed by atoms with Gasteiger partial charge in [0.15, 0.2) is 0 Å². The number of nitrogens with zero attached hydrogens (tertiary/aromatic N) is 1. The maximum Gasteiger partial charge on any atom is 0.490 e. The van der Waals surface area contributed by atoms with Gasteiger partial charge in [-0.3, -0.25) is 4.79 Å². The van der Waals surface area contributed by atoms with Crippen LogP contribution in [0.5, 0.6) is 5.75 Å². The van der Waals surface area contributed by atoms with E-state index in [2.05, 4.69) is 6.07 Å². The number of nitrogens with two attached hydrogens (primary N) is 1. The van der Waals surface area contributed by atoms with E-state index in [0.29, 0.717) is 0 Å². The molecule has 1 heterocycles. The van der Waals surface area contributed by atoms with Crippen molar-refractivity contribution in [3.63, 3.8) is 0 Å². The minimum absolute atomic E-state index is 0.313. The molecule has 2 aromatic carbocycles. The zero-order valence-electron chi connectivity index (χ0n) is 13.6. The zero-order chi connectivity index (χ0) is 19.3. The van der Waals surface area contributed by atoms with Crippen molar-refractivity contribution in [2.75, 3.05) is 6.54 Å². The Hall–Kier alpha value is -2.81.